The number of carbonyl (C=O) groups excluding carboxylic acids is 1. The van der Waals surface area contributed by atoms with Gasteiger partial charge in [0.2, 0.25) is 0 Å². The molecule has 0 aromatic carbocycles. The van der Waals surface area contributed by atoms with E-state index in [1.807, 2.05) is 18.2 Å². The molecule has 0 bridgehead atoms. The van der Waals surface area contributed by atoms with Gasteiger partial charge in [-0.25, -0.2) is 9.97 Å². The first-order valence-corrected chi connectivity index (χ1v) is 8.00. The molecule has 0 saturated heterocycles. The highest BCUT2D eigenvalue weighted by molar-refractivity contribution is 5.92. The van der Waals surface area contributed by atoms with Crippen LogP contribution in [0.15, 0.2) is 36.7 Å². The zero-order valence-corrected chi connectivity index (χ0v) is 12.8. The number of nitrogens with one attached hydrogen (secondary N) is 1. The fraction of sp³-hybridized carbons (Fsp3) is 0.412. The topological polar surface area (TPSA) is 93.8 Å². The monoisotopic (exact) mass is 309 g/mol. The molecule has 6 heteroatoms. The van der Waals surface area contributed by atoms with Crippen molar-refractivity contribution >= 4 is 5.91 Å². The molecule has 0 aliphatic heterocycles. The Morgan fingerprint density at radius 1 is 1.22 bits per heavy atom. The smallest absolute Gasteiger partial charge is 0.270 e. The molecule has 0 radical (unpaired) electrons. The van der Waals surface area contributed by atoms with Crippen molar-refractivity contribution in [3.63, 3.8) is 0 Å². The van der Waals surface area contributed by atoms with Crippen molar-refractivity contribution in [2.24, 2.45) is 11.1 Å². The van der Waals surface area contributed by atoms with Crippen LogP contribution in [0, 0.1) is 5.41 Å². The van der Waals surface area contributed by atoms with Crippen LogP contribution in [0.4, 0.5) is 0 Å². The fourth-order valence-corrected chi connectivity index (χ4v) is 3.66. The Bertz CT molecular complexity index is 729. The van der Waals surface area contributed by atoms with Crippen LogP contribution in [0.3, 0.4) is 0 Å². The zero-order chi connectivity index (χ0) is 15.9. The van der Waals surface area contributed by atoms with Gasteiger partial charge >= 0.3 is 0 Å². The molecule has 2 aromatic heterocycles. The molecule has 1 amide bonds. The van der Waals surface area contributed by atoms with Gasteiger partial charge in [0.15, 0.2) is 5.82 Å². The Labute approximate surface area is 134 Å². The molecule has 2 saturated carbocycles. The summed E-state index contributed by atoms with van der Waals surface area (Å²) in [5.41, 5.74) is 7.30. The SMILES string of the molecule is NC1CC(NC(=O)c2ccnc(-c3ccccn3)n2)C12CCC2. The second-order valence-electron chi connectivity index (χ2n) is 6.44. The first-order valence-electron chi connectivity index (χ1n) is 8.00. The third kappa shape index (κ3) is 2.30. The summed E-state index contributed by atoms with van der Waals surface area (Å²) in [7, 11) is 0. The number of pyridine rings is 1. The lowest BCUT2D eigenvalue weighted by molar-refractivity contribution is -0.0390. The molecule has 2 unspecified atom stereocenters. The highest BCUT2D eigenvalue weighted by atomic mass is 16.2. The molecular weight excluding hydrogens is 290 g/mol. The lowest BCUT2D eigenvalue weighted by Gasteiger charge is -2.60. The van der Waals surface area contributed by atoms with Crippen LogP contribution in [-0.2, 0) is 0 Å². The molecule has 2 atom stereocenters. The highest BCUT2D eigenvalue weighted by Crippen LogP contribution is 2.55. The number of rotatable bonds is 3. The van der Waals surface area contributed by atoms with Crippen LogP contribution >= 0.6 is 0 Å². The van der Waals surface area contributed by atoms with E-state index in [-0.39, 0.29) is 23.4 Å². The van der Waals surface area contributed by atoms with Crippen LogP contribution < -0.4 is 11.1 Å². The maximum Gasteiger partial charge on any atom is 0.270 e. The number of amides is 1. The average Bonchev–Trinajstić information content (AvgIpc) is 2.53. The second-order valence-corrected chi connectivity index (χ2v) is 6.44. The lowest BCUT2D eigenvalue weighted by Crippen LogP contribution is -2.69. The average molecular weight is 309 g/mol. The quantitative estimate of drug-likeness (QED) is 0.897. The Balaban J connectivity index is 1.51. The molecule has 1 spiro atoms. The highest BCUT2D eigenvalue weighted by Gasteiger charge is 2.57. The summed E-state index contributed by atoms with van der Waals surface area (Å²) in [6.45, 7) is 0. The van der Waals surface area contributed by atoms with Crippen LogP contribution in [-0.4, -0.2) is 32.9 Å². The van der Waals surface area contributed by atoms with E-state index in [0.717, 1.165) is 19.3 Å². The molecule has 3 N–H and O–H groups in total. The van der Waals surface area contributed by atoms with Gasteiger partial charge in [-0.3, -0.25) is 9.78 Å². The summed E-state index contributed by atoms with van der Waals surface area (Å²) in [5, 5.41) is 3.10. The van der Waals surface area contributed by atoms with E-state index in [9.17, 15) is 4.79 Å². The van der Waals surface area contributed by atoms with Crippen LogP contribution in [0.5, 0.6) is 0 Å². The number of carbonyl (C=O) groups is 1. The maximum absolute atomic E-state index is 12.5. The summed E-state index contributed by atoms with van der Waals surface area (Å²) < 4.78 is 0. The predicted molar refractivity (Wildman–Crippen MR) is 85.4 cm³/mol. The Kier molecular flexibility index (Phi) is 3.34. The maximum atomic E-state index is 12.5. The van der Waals surface area contributed by atoms with Crippen molar-refractivity contribution < 1.29 is 4.79 Å². The summed E-state index contributed by atoms with van der Waals surface area (Å²) in [6, 6.07) is 7.55. The normalized spacial score (nSPS) is 24.6. The number of hydrogen-bond acceptors (Lipinski definition) is 5. The van der Waals surface area contributed by atoms with Gasteiger partial charge in [-0.2, -0.15) is 0 Å². The van der Waals surface area contributed by atoms with Crippen molar-refractivity contribution in [1.82, 2.24) is 20.3 Å². The van der Waals surface area contributed by atoms with Gasteiger partial charge in [0.1, 0.15) is 11.4 Å². The Hall–Kier alpha value is -2.34. The Morgan fingerprint density at radius 3 is 2.74 bits per heavy atom. The van der Waals surface area contributed by atoms with E-state index in [1.54, 1.807) is 18.5 Å². The van der Waals surface area contributed by atoms with E-state index in [0.29, 0.717) is 17.2 Å². The fourth-order valence-electron chi connectivity index (χ4n) is 3.66. The standard InChI is InChI=1S/C17H19N5O/c18-13-10-14(17(13)6-3-7-17)22-16(23)12-5-9-20-15(21-12)11-4-1-2-8-19-11/h1-2,4-5,8-9,13-14H,3,6-7,10,18H2,(H,22,23). The van der Waals surface area contributed by atoms with Gasteiger partial charge in [0.05, 0.1) is 0 Å². The summed E-state index contributed by atoms with van der Waals surface area (Å²) in [4.78, 5) is 25.3. The lowest BCUT2D eigenvalue weighted by atomic mass is 9.50. The van der Waals surface area contributed by atoms with Crippen LogP contribution in [0.1, 0.15) is 36.2 Å². The molecule has 2 aromatic rings. The predicted octanol–water partition coefficient (Wildman–Crippen LogP) is 1.54. The van der Waals surface area contributed by atoms with Gasteiger partial charge in [0.25, 0.3) is 5.91 Å². The summed E-state index contributed by atoms with van der Waals surface area (Å²) in [5.74, 6) is 0.301. The zero-order valence-electron chi connectivity index (χ0n) is 12.8. The summed E-state index contributed by atoms with van der Waals surface area (Å²) in [6.07, 6.45) is 7.56. The minimum atomic E-state index is -0.159. The molecule has 23 heavy (non-hydrogen) atoms. The first-order chi connectivity index (χ1) is 11.2. The third-order valence-corrected chi connectivity index (χ3v) is 5.29. The molecule has 6 nitrogen and oxygen atoms in total. The van der Waals surface area contributed by atoms with Gasteiger partial charge in [-0.1, -0.05) is 12.5 Å². The molecule has 4 rings (SSSR count). The molecule has 2 fully saturated rings. The minimum Gasteiger partial charge on any atom is -0.347 e. The van der Waals surface area contributed by atoms with E-state index < -0.39 is 0 Å². The number of hydrogen-bond donors (Lipinski definition) is 2. The molecular formula is C17H19N5O. The van der Waals surface area contributed by atoms with Crippen LogP contribution in [0.25, 0.3) is 11.5 Å². The van der Waals surface area contributed by atoms with Gasteiger partial charge in [-0.05, 0) is 37.5 Å². The van der Waals surface area contributed by atoms with E-state index >= 15 is 0 Å². The van der Waals surface area contributed by atoms with E-state index in [1.165, 1.54) is 6.42 Å². The summed E-state index contributed by atoms with van der Waals surface area (Å²) >= 11 is 0. The number of nitrogens with zero attached hydrogens (tertiary/aromatic N) is 3. The van der Waals surface area contributed by atoms with Crippen molar-refractivity contribution in [3.8, 4) is 11.5 Å². The molecule has 118 valence electrons. The molecule has 2 heterocycles. The van der Waals surface area contributed by atoms with Crippen molar-refractivity contribution in [2.75, 3.05) is 0 Å². The van der Waals surface area contributed by atoms with Crippen molar-refractivity contribution in [3.05, 3.63) is 42.4 Å². The van der Waals surface area contributed by atoms with Crippen LogP contribution in [0.2, 0.25) is 0 Å². The van der Waals surface area contributed by atoms with Gasteiger partial charge < -0.3 is 11.1 Å². The largest absolute Gasteiger partial charge is 0.347 e. The van der Waals surface area contributed by atoms with Crippen molar-refractivity contribution in [1.29, 1.82) is 0 Å². The van der Waals surface area contributed by atoms with E-state index in [2.05, 4.69) is 20.3 Å². The minimum absolute atomic E-state index is 0.131. The molecule has 2 aliphatic carbocycles. The second kappa shape index (κ2) is 5.38. The van der Waals surface area contributed by atoms with Gasteiger partial charge in [0, 0.05) is 29.9 Å². The first kappa shape index (κ1) is 14.3. The third-order valence-electron chi connectivity index (χ3n) is 5.29. The Morgan fingerprint density at radius 2 is 2.09 bits per heavy atom. The number of aromatic nitrogens is 3. The molecule has 2 aliphatic rings. The van der Waals surface area contributed by atoms with Crippen molar-refractivity contribution in [2.45, 2.75) is 37.8 Å². The number of nitrogens with two attached hydrogens (primary N) is 1. The van der Waals surface area contributed by atoms with E-state index in [4.69, 9.17) is 5.73 Å². The van der Waals surface area contributed by atoms with Gasteiger partial charge in [-0.15, -0.1) is 0 Å².